The third-order valence-corrected chi connectivity index (χ3v) is 6.19. The van der Waals surface area contributed by atoms with E-state index < -0.39 is 53.3 Å². The molecule has 1 fully saturated rings. The van der Waals surface area contributed by atoms with Gasteiger partial charge in [0.2, 0.25) is 5.91 Å². The van der Waals surface area contributed by atoms with Crippen LogP contribution in [0.2, 0.25) is 0 Å². The molecule has 186 valence electrons. The van der Waals surface area contributed by atoms with Crippen LogP contribution in [0.1, 0.15) is 42.1 Å². The number of carboxylic acid groups (broad SMARTS) is 1. The van der Waals surface area contributed by atoms with Gasteiger partial charge in [-0.15, -0.1) is 11.8 Å². The van der Waals surface area contributed by atoms with Gasteiger partial charge in [-0.2, -0.15) is 0 Å². The standard InChI is InChI=1S/C24H26FN3O6S/c1-24(2,3)34-22(32)18-13-35-20(14-6-4-8-16(25)10-14)28(18)19(29)12-26-23(33)27-17-9-5-7-15(11-17)21(30)31/h4-11,18,20H,12-13H2,1-3H3,(H,30,31)(H2,26,27,33). The van der Waals surface area contributed by atoms with Crippen molar-refractivity contribution in [3.8, 4) is 0 Å². The number of amides is 3. The Hall–Kier alpha value is -3.60. The number of anilines is 1. The minimum Gasteiger partial charge on any atom is -0.478 e. The number of thioether (sulfide) groups is 1. The molecule has 2 atom stereocenters. The van der Waals surface area contributed by atoms with Crippen molar-refractivity contribution in [1.29, 1.82) is 0 Å². The average molecular weight is 504 g/mol. The van der Waals surface area contributed by atoms with E-state index in [2.05, 4.69) is 10.6 Å². The highest BCUT2D eigenvalue weighted by molar-refractivity contribution is 7.99. The fraction of sp³-hybridized carbons (Fsp3) is 0.333. The molecule has 3 amide bonds. The molecule has 1 aliphatic heterocycles. The lowest BCUT2D eigenvalue weighted by Gasteiger charge is -2.30. The molecule has 9 nitrogen and oxygen atoms in total. The van der Waals surface area contributed by atoms with Crippen LogP contribution in [-0.2, 0) is 14.3 Å². The summed E-state index contributed by atoms with van der Waals surface area (Å²) in [6.07, 6.45) is 0. The lowest BCUT2D eigenvalue weighted by Crippen LogP contribution is -2.49. The SMILES string of the molecule is CC(C)(C)OC(=O)C1CSC(c2cccc(F)c2)N1C(=O)CNC(=O)Nc1cccc(C(=O)O)c1. The first-order valence-corrected chi connectivity index (χ1v) is 11.8. The highest BCUT2D eigenvalue weighted by Crippen LogP contribution is 2.42. The summed E-state index contributed by atoms with van der Waals surface area (Å²) in [7, 11) is 0. The molecule has 3 rings (SSSR count). The van der Waals surface area contributed by atoms with E-state index in [1.165, 1.54) is 59.1 Å². The third-order valence-electron chi connectivity index (χ3n) is 4.87. The quantitative estimate of drug-likeness (QED) is 0.514. The molecule has 0 bridgehead atoms. The first-order valence-electron chi connectivity index (χ1n) is 10.7. The number of urea groups is 1. The molecule has 1 saturated heterocycles. The third kappa shape index (κ3) is 6.95. The van der Waals surface area contributed by atoms with Gasteiger partial charge in [0.15, 0.2) is 0 Å². The molecule has 0 saturated carbocycles. The number of carbonyl (C=O) groups excluding carboxylic acids is 3. The molecule has 1 heterocycles. The topological polar surface area (TPSA) is 125 Å². The first-order chi connectivity index (χ1) is 16.4. The van der Waals surface area contributed by atoms with Gasteiger partial charge in [-0.1, -0.05) is 18.2 Å². The molecule has 11 heteroatoms. The van der Waals surface area contributed by atoms with Crippen molar-refractivity contribution in [2.45, 2.75) is 37.8 Å². The number of aromatic carboxylic acids is 1. The summed E-state index contributed by atoms with van der Waals surface area (Å²) >= 11 is 1.30. The molecule has 0 aliphatic carbocycles. The Morgan fingerprint density at radius 3 is 2.51 bits per heavy atom. The number of carboxylic acids is 1. The summed E-state index contributed by atoms with van der Waals surface area (Å²) < 4.78 is 19.3. The van der Waals surface area contributed by atoms with Gasteiger partial charge >= 0.3 is 18.0 Å². The van der Waals surface area contributed by atoms with E-state index in [0.29, 0.717) is 5.56 Å². The smallest absolute Gasteiger partial charge is 0.335 e. The molecule has 1 aliphatic rings. The van der Waals surface area contributed by atoms with Crippen LogP contribution in [0.3, 0.4) is 0 Å². The molecule has 0 aromatic heterocycles. The fourth-order valence-corrected chi connectivity index (χ4v) is 4.86. The molecule has 35 heavy (non-hydrogen) atoms. The van der Waals surface area contributed by atoms with Crippen LogP contribution in [-0.4, -0.2) is 57.8 Å². The van der Waals surface area contributed by atoms with Gasteiger partial charge in [-0.3, -0.25) is 4.79 Å². The van der Waals surface area contributed by atoms with Crippen LogP contribution in [0.4, 0.5) is 14.9 Å². The number of benzene rings is 2. The van der Waals surface area contributed by atoms with E-state index in [1.54, 1.807) is 26.8 Å². The van der Waals surface area contributed by atoms with E-state index in [4.69, 9.17) is 9.84 Å². The molecule has 2 aromatic rings. The van der Waals surface area contributed by atoms with Gasteiger partial charge in [0.1, 0.15) is 22.8 Å². The number of ether oxygens (including phenoxy) is 1. The Bertz CT molecular complexity index is 1140. The van der Waals surface area contributed by atoms with E-state index in [1.807, 2.05) is 0 Å². The van der Waals surface area contributed by atoms with Crippen LogP contribution in [0.5, 0.6) is 0 Å². The fourth-order valence-electron chi connectivity index (χ4n) is 3.43. The Balaban J connectivity index is 1.74. The predicted molar refractivity (Wildman–Crippen MR) is 129 cm³/mol. The molecule has 2 aromatic carbocycles. The van der Waals surface area contributed by atoms with Crippen LogP contribution < -0.4 is 10.6 Å². The van der Waals surface area contributed by atoms with Crippen molar-refractivity contribution in [3.63, 3.8) is 0 Å². The summed E-state index contributed by atoms with van der Waals surface area (Å²) in [4.78, 5) is 50.8. The highest BCUT2D eigenvalue weighted by atomic mass is 32.2. The van der Waals surface area contributed by atoms with Crippen molar-refractivity contribution in [1.82, 2.24) is 10.2 Å². The van der Waals surface area contributed by atoms with Gasteiger partial charge in [0.05, 0.1) is 12.1 Å². The van der Waals surface area contributed by atoms with E-state index in [-0.39, 0.29) is 17.0 Å². The Morgan fingerprint density at radius 2 is 1.86 bits per heavy atom. The zero-order chi connectivity index (χ0) is 25.8. The summed E-state index contributed by atoms with van der Waals surface area (Å²) in [5, 5.41) is 13.3. The zero-order valence-corrected chi connectivity index (χ0v) is 20.2. The summed E-state index contributed by atoms with van der Waals surface area (Å²) in [5.41, 5.74) is -0.0398. The Morgan fingerprint density at radius 1 is 1.14 bits per heavy atom. The van der Waals surface area contributed by atoms with E-state index >= 15 is 0 Å². The number of esters is 1. The molecule has 0 spiro atoms. The minimum atomic E-state index is -1.15. The van der Waals surface area contributed by atoms with E-state index in [9.17, 15) is 23.6 Å². The molecule has 0 radical (unpaired) electrons. The molecular weight excluding hydrogens is 477 g/mol. The van der Waals surface area contributed by atoms with Crippen LogP contribution in [0.25, 0.3) is 0 Å². The lowest BCUT2D eigenvalue weighted by molar-refractivity contribution is -0.163. The van der Waals surface area contributed by atoms with Crippen LogP contribution in [0.15, 0.2) is 48.5 Å². The summed E-state index contributed by atoms with van der Waals surface area (Å²) in [6, 6.07) is 9.74. The van der Waals surface area contributed by atoms with Crippen molar-refractivity contribution < 1.29 is 33.4 Å². The maximum atomic E-state index is 13.9. The molecule has 3 N–H and O–H groups in total. The van der Waals surface area contributed by atoms with Crippen LogP contribution in [0, 0.1) is 5.82 Å². The first kappa shape index (κ1) is 26.0. The van der Waals surface area contributed by atoms with Gasteiger partial charge in [0, 0.05) is 11.4 Å². The van der Waals surface area contributed by atoms with Crippen LogP contribution >= 0.6 is 11.8 Å². The maximum Gasteiger partial charge on any atom is 0.335 e. The molecular formula is C24H26FN3O6S. The second-order valence-corrected chi connectivity index (χ2v) is 9.90. The Kier molecular flexibility index (Phi) is 8.00. The van der Waals surface area contributed by atoms with Crippen molar-refractivity contribution in [2.24, 2.45) is 0 Å². The van der Waals surface area contributed by atoms with Crippen molar-refractivity contribution >= 4 is 41.3 Å². The number of rotatable bonds is 6. The summed E-state index contributed by atoms with van der Waals surface area (Å²) in [6.45, 7) is 4.70. The number of hydrogen-bond donors (Lipinski definition) is 3. The average Bonchev–Trinajstić information content (AvgIpc) is 3.22. The second-order valence-electron chi connectivity index (χ2n) is 8.78. The highest BCUT2D eigenvalue weighted by Gasteiger charge is 2.44. The minimum absolute atomic E-state index is 0.00824. The van der Waals surface area contributed by atoms with Gasteiger partial charge < -0.3 is 25.4 Å². The lowest BCUT2D eigenvalue weighted by atomic mass is 10.1. The number of hydrogen-bond acceptors (Lipinski definition) is 6. The van der Waals surface area contributed by atoms with Crippen molar-refractivity contribution in [3.05, 3.63) is 65.5 Å². The zero-order valence-electron chi connectivity index (χ0n) is 19.4. The van der Waals surface area contributed by atoms with Gasteiger partial charge in [0.25, 0.3) is 0 Å². The largest absolute Gasteiger partial charge is 0.478 e. The Labute approximate surface area is 206 Å². The maximum absolute atomic E-state index is 13.9. The number of halogens is 1. The summed E-state index contributed by atoms with van der Waals surface area (Å²) in [5.74, 6) is -2.53. The molecule has 2 unspecified atom stereocenters. The second kappa shape index (κ2) is 10.8. The number of nitrogens with one attached hydrogen (secondary N) is 2. The number of carbonyl (C=O) groups is 4. The van der Waals surface area contributed by atoms with Gasteiger partial charge in [-0.25, -0.2) is 18.8 Å². The predicted octanol–water partition coefficient (Wildman–Crippen LogP) is 3.63. The van der Waals surface area contributed by atoms with Crippen molar-refractivity contribution in [2.75, 3.05) is 17.6 Å². The van der Waals surface area contributed by atoms with E-state index in [0.717, 1.165) is 0 Å². The number of nitrogens with zero attached hydrogens (tertiary/aromatic N) is 1. The normalized spacial score (nSPS) is 17.5. The monoisotopic (exact) mass is 503 g/mol. The van der Waals surface area contributed by atoms with Gasteiger partial charge in [-0.05, 0) is 56.7 Å².